The highest BCUT2D eigenvalue weighted by Gasteiger charge is 2.33. The smallest absolute Gasteiger partial charge is 0.244 e. The molecule has 2 aromatic carbocycles. The number of benzene rings is 2. The molecule has 2 aliphatic rings. The lowest BCUT2D eigenvalue weighted by Crippen LogP contribution is -2.31. The molecule has 152 valence electrons. The molecule has 0 unspecified atom stereocenters. The summed E-state index contributed by atoms with van der Waals surface area (Å²) in [4.78, 5) is 15.5. The highest BCUT2D eigenvalue weighted by Crippen LogP contribution is 2.34. The fourth-order valence-corrected chi connectivity index (χ4v) is 4.28. The van der Waals surface area contributed by atoms with Gasteiger partial charge in [0.05, 0.1) is 18.9 Å². The van der Waals surface area contributed by atoms with Gasteiger partial charge in [0.1, 0.15) is 5.75 Å². The second kappa shape index (κ2) is 9.09. The molecule has 0 aromatic heterocycles. The number of nitrogens with zero attached hydrogens (tertiary/aromatic N) is 3. The van der Waals surface area contributed by atoms with Crippen LogP contribution in [0.4, 0.5) is 0 Å². The Hall–Kier alpha value is -2.18. The van der Waals surface area contributed by atoms with E-state index in [1.54, 1.807) is 12.1 Å². The van der Waals surface area contributed by atoms with E-state index in [9.17, 15) is 4.79 Å². The first-order chi connectivity index (χ1) is 14.1. The summed E-state index contributed by atoms with van der Waals surface area (Å²) in [6.45, 7) is 3.01. The number of hydrogen-bond donors (Lipinski definition) is 0. The molecule has 0 radical (unpaired) electrons. The van der Waals surface area contributed by atoms with Gasteiger partial charge in [-0.2, -0.15) is 5.10 Å². The highest BCUT2D eigenvalue weighted by molar-refractivity contribution is 9.10. The van der Waals surface area contributed by atoms with E-state index < -0.39 is 0 Å². The Bertz CT molecular complexity index is 874. The van der Waals surface area contributed by atoms with Crippen molar-refractivity contribution in [2.75, 3.05) is 26.7 Å². The van der Waals surface area contributed by atoms with Crippen LogP contribution in [0.1, 0.15) is 42.9 Å². The van der Waals surface area contributed by atoms with E-state index in [0.717, 1.165) is 46.7 Å². The van der Waals surface area contributed by atoms with E-state index >= 15 is 0 Å². The predicted octanol–water partition coefficient (Wildman–Crippen LogP) is 4.62. The molecule has 0 spiro atoms. The first-order valence-corrected chi connectivity index (χ1v) is 10.9. The van der Waals surface area contributed by atoms with Crippen molar-refractivity contribution in [3.05, 3.63) is 64.1 Å². The molecule has 4 rings (SSSR count). The number of carbonyl (C=O) groups is 1. The molecule has 2 aliphatic heterocycles. The summed E-state index contributed by atoms with van der Waals surface area (Å²) in [5.74, 6) is 0.900. The summed E-state index contributed by atoms with van der Waals surface area (Å²) in [6.07, 6.45) is 3.68. The van der Waals surface area contributed by atoms with E-state index in [4.69, 9.17) is 9.84 Å². The van der Waals surface area contributed by atoms with Crippen molar-refractivity contribution in [3.8, 4) is 5.75 Å². The normalized spacial score (nSPS) is 19.4. The lowest BCUT2D eigenvalue weighted by molar-refractivity contribution is -0.133. The summed E-state index contributed by atoms with van der Waals surface area (Å²) < 4.78 is 6.32. The van der Waals surface area contributed by atoms with Crippen molar-refractivity contribution in [3.63, 3.8) is 0 Å². The molecular formula is C23H26BrN3O2. The van der Waals surface area contributed by atoms with Crippen LogP contribution in [-0.2, 0) is 4.79 Å². The van der Waals surface area contributed by atoms with Gasteiger partial charge in [-0.15, -0.1) is 0 Å². The van der Waals surface area contributed by atoms with Crippen LogP contribution in [0.2, 0.25) is 0 Å². The molecule has 2 heterocycles. The van der Waals surface area contributed by atoms with Crippen LogP contribution in [0.5, 0.6) is 5.75 Å². The van der Waals surface area contributed by atoms with Crippen LogP contribution in [0.15, 0.2) is 58.1 Å². The van der Waals surface area contributed by atoms with E-state index in [1.165, 1.54) is 12.8 Å². The summed E-state index contributed by atoms with van der Waals surface area (Å²) in [7, 11) is 1.66. The van der Waals surface area contributed by atoms with Gasteiger partial charge in [0, 0.05) is 23.9 Å². The minimum atomic E-state index is -0.0781. The maximum absolute atomic E-state index is 13.1. The van der Waals surface area contributed by atoms with Gasteiger partial charge >= 0.3 is 0 Å². The predicted molar refractivity (Wildman–Crippen MR) is 118 cm³/mol. The second-order valence-electron chi connectivity index (χ2n) is 7.58. The van der Waals surface area contributed by atoms with Crippen molar-refractivity contribution in [1.82, 2.24) is 9.91 Å². The van der Waals surface area contributed by atoms with Crippen molar-refractivity contribution in [2.45, 2.75) is 31.7 Å². The van der Waals surface area contributed by atoms with E-state index in [2.05, 4.69) is 20.8 Å². The molecule has 6 heteroatoms. The van der Waals surface area contributed by atoms with Gasteiger partial charge in [0.2, 0.25) is 5.91 Å². The van der Waals surface area contributed by atoms with Crippen molar-refractivity contribution in [1.29, 1.82) is 0 Å². The molecule has 1 saturated heterocycles. The molecule has 1 atom stereocenters. The van der Waals surface area contributed by atoms with E-state index in [1.807, 2.05) is 48.5 Å². The van der Waals surface area contributed by atoms with Gasteiger partial charge < -0.3 is 9.64 Å². The zero-order chi connectivity index (χ0) is 20.2. The van der Waals surface area contributed by atoms with Crippen LogP contribution < -0.4 is 4.74 Å². The number of likely N-dealkylation sites (tertiary alicyclic amines) is 1. The Morgan fingerprint density at radius 2 is 1.79 bits per heavy atom. The van der Waals surface area contributed by atoms with Crippen LogP contribution in [-0.4, -0.2) is 48.3 Å². The topological polar surface area (TPSA) is 45.1 Å². The molecule has 1 amide bonds. The Labute approximate surface area is 180 Å². The summed E-state index contributed by atoms with van der Waals surface area (Å²) in [6, 6.07) is 16.0. The Morgan fingerprint density at radius 1 is 1.10 bits per heavy atom. The lowest BCUT2D eigenvalue weighted by Gasteiger charge is -2.23. The van der Waals surface area contributed by atoms with Gasteiger partial charge in [-0.25, -0.2) is 5.01 Å². The monoisotopic (exact) mass is 455 g/mol. The first kappa shape index (κ1) is 20.1. The molecular weight excluding hydrogens is 430 g/mol. The number of methoxy groups -OCH3 is 1. The van der Waals surface area contributed by atoms with Crippen LogP contribution in [0, 0.1) is 0 Å². The molecule has 0 N–H and O–H groups in total. The van der Waals surface area contributed by atoms with E-state index in [0.29, 0.717) is 12.8 Å². The average Bonchev–Trinajstić information content (AvgIpc) is 3.43. The van der Waals surface area contributed by atoms with Crippen molar-refractivity contribution < 1.29 is 9.53 Å². The minimum Gasteiger partial charge on any atom is -0.497 e. The van der Waals surface area contributed by atoms with Gasteiger partial charge in [-0.1, -0.05) is 40.2 Å². The van der Waals surface area contributed by atoms with Gasteiger partial charge in [0.25, 0.3) is 0 Å². The SMILES string of the molecule is COc1ccc([C@@H]2CC(c3ccc(Br)cc3)=NN2C(=O)CCN2CCCC2)cc1. The van der Waals surface area contributed by atoms with Crippen LogP contribution >= 0.6 is 15.9 Å². The molecule has 0 aliphatic carbocycles. The van der Waals surface area contributed by atoms with Gasteiger partial charge in [-0.3, -0.25) is 4.79 Å². The number of halogens is 1. The maximum atomic E-state index is 13.1. The molecule has 0 bridgehead atoms. The maximum Gasteiger partial charge on any atom is 0.244 e. The van der Waals surface area contributed by atoms with Gasteiger partial charge in [-0.05, 0) is 61.3 Å². The Morgan fingerprint density at radius 3 is 2.45 bits per heavy atom. The number of ether oxygens (including phenoxy) is 1. The molecule has 5 nitrogen and oxygen atoms in total. The molecule has 29 heavy (non-hydrogen) atoms. The average molecular weight is 456 g/mol. The van der Waals surface area contributed by atoms with Crippen molar-refractivity contribution >= 4 is 27.5 Å². The Kier molecular flexibility index (Phi) is 6.31. The highest BCUT2D eigenvalue weighted by atomic mass is 79.9. The first-order valence-electron chi connectivity index (χ1n) is 10.2. The summed E-state index contributed by atoms with van der Waals surface area (Å²) in [5.41, 5.74) is 3.09. The Balaban J connectivity index is 1.55. The summed E-state index contributed by atoms with van der Waals surface area (Å²) >= 11 is 3.48. The molecule has 1 fully saturated rings. The minimum absolute atomic E-state index is 0.0781. The number of hydrazone groups is 1. The van der Waals surface area contributed by atoms with Crippen LogP contribution in [0.3, 0.4) is 0 Å². The number of hydrogen-bond acceptors (Lipinski definition) is 4. The third kappa shape index (κ3) is 4.70. The number of carbonyl (C=O) groups excluding carboxylic acids is 1. The zero-order valence-electron chi connectivity index (χ0n) is 16.7. The molecule has 2 aromatic rings. The van der Waals surface area contributed by atoms with Gasteiger partial charge in [0.15, 0.2) is 0 Å². The third-order valence-corrected chi connectivity index (χ3v) is 6.21. The second-order valence-corrected chi connectivity index (χ2v) is 8.50. The molecule has 0 saturated carbocycles. The lowest BCUT2D eigenvalue weighted by atomic mass is 9.98. The fourth-order valence-electron chi connectivity index (χ4n) is 4.02. The quantitative estimate of drug-likeness (QED) is 0.637. The van der Waals surface area contributed by atoms with E-state index in [-0.39, 0.29) is 11.9 Å². The number of amides is 1. The van der Waals surface area contributed by atoms with Crippen LogP contribution in [0.25, 0.3) is 0 Å². The standard InChI is InChI=1S/C23H26BrN3O2/c1-29-20-10-6-18(7-11-20)22-16-21(17-4-8-19(24)9-5-17)25-27(22)23(28)12-15-26-13-2-3-14-26/h4-11,22H,2-3,12-16H2,1H3/t22-/m0/s1. The number of rotatable bonds is 6. The summed E-state index contributed by atoms with van der Waals surface area (Å²) in [5, 5.41) is 6.47. The van der Waals surface area contributed by atoms with Crippen molar-refractivity contribution in [2.24, 2.45) is 5.10 Å². The largest absolute Gasteiger partial charge is 0.497 e. The fraction of sp³-hybridized carbons (Fsp3) is 0.391. The third-order valence-electron chi connectivity index (χ3n) is 5.68. The zero-order valence-corrected chi connectivity index (χ0v) is 18.3.